The van der Waals surface area contributed by atoms with Crippen LogP contribution in [0.15, 0.2) is 12.7 Å². The highest BCUT2D eigenvalue weighted by atomic mass is 16.6. The lowest BCUT2D eigenvalue weighted by Crippen LogP contribution is -2.31. The SMILES string of the molecule is C=CC(=O)OC(CO)COC(CO)CO. The lowest BCUT2D eigenvalue weighted by atomic mass is 10.3. The van der Waals surface area contributed by atoms with Crippen LogP contribution in [0.5, 0.6) is 0 Å². The van der Waals surface area contributed by atoms with Crippen molar-refractivity contribution < 1.29 is 29.6 Å². The Morgan fingerprint density at radius 2 is 1.73 bits per heavy atom. The summed E-state index contributed by atoms with van der Waals surface area (Å²) in [5.74, 6) is -0.665. The van der Waals surface area contributed by atoms with Crippen molar-refractivity contribution in [2.24, 2.45) is 0 Å². The Morgan fingerprint density at radius 1 is 1.20 bits per heavy atom. The van der Waals surface area contributed by atoms with Gasteiger partial charge in [-0.3, -0.25) is 0 Å². The number of hydrogen-bond acceptors (Lipinski definition) is 6. The van der Waals surface area contributed by atoms with Gasteiger partial charge >= 0.3 is 5.97 Å². The molecule has 0 aliphatic carbocycles. The molecule has 6 heteroatoms. The Bertz CT molecular complexity index is 189. The monoisotopic (exact) mass is 220 g/mol. The number of ether oxygens (including phenoxy) is 2. The van der Waals surface area contributed by atoms with E-state index in [9.17, 15) is 4.79 Å². The summed E-state index contributed by atoms with van der Waals surface area (Å²) in [6, 6.07) is 0. The predicted molar refractivity (Wildman–Crippen MR) is 51.1 cm³/mol. The summed E-state index contributed by atoms with van der Waals surface area (Å²) in [4.78, 5) is 10.8. The number of esters is 1. The Morgan fingerprint density at radius 3 is 2.13 bits per heavy atom. The number of aliphatic hydroxyl groups excluding tert-OH is 3. The highest BCUT2D eigenvalue weighted by molar-refractivity contribution is 5.81. The molecule has 0 fully saturated rings. The van der Waals surface area contributed by atoms with Crippen LogP contribution in [0.4, 0.5) is 0 Å². The quantitative estimate of drug-likeness (QED) is 0.338. The van der Waals surface area contributed by atoms with Gasteiger partial charge in [0.1, 0.15) is 12.2 Å². The molecule has 0 amide bonds. The summed E-state index contributed by atoms with van der Waals surface area (Å²) in [7, 11) is 0. The molecule has 1 unspecified atom stereocenters. The normalized spacial score (nSPS) is 12.5. The molecule has 0 saturated carbocycles. The number of aliphatic hydroxyl groups is 3. The zero-order valence-electron chi connectivity index (χ0n) is 8.33. The standard InChI is InChI=1S/C9H16O6/c1-2-9(13)15-8(5-12)6-14-7(3-10)4-11/h2,7-8,10-12H,1,3-6H2. The third-order valence-corrected chi connectivity index (χ3v) is 1.58. The minimum atomic E-state index is -0.823. The van der Waals surface area contributed by atoms with Gasteiger partial charge in [-0.15, -0.1) is 0 Å². The van der Waals surface area contributed by atoms with Gasteiger partial charge < -0.3 is 24.8 Å². The van der Waals surface area contributed by atoms with Crippen LogP contribution in [0.1, 0.15) is 0 Å². The topological polar surface area (TPSA) is 96.2 Å². The van der Waals surface area contributed by atoms with Gasteiger partial charge in [-0.05, 0) is 0 Å². The maximum absolute atomic E-state index is 10.8. The molecule has 0 bridgehead atoms. The van der Waals surface area contributed by atoms with Gasteiger partial charge in [-0.25, -0.2) is 4.79 Å². The van der Waals surface area contributed by atoms with Crippen molar-refractivity contribution in [3.63, 3.8) is 0 Å². The number of rotatable bonds is 8. The van der Waals surface area contributed by atoms with Crippen molar-refractivity contribution in [1.29, 1.82) is 0 Å². The molecule has 0 spiro atoms. The summed E-state index contributed by atoms with van der Waals surface area (Å²) in [5.41, 5.74) is 0. The van der Waals surface area contributed by atoms with Crippen molar-refractivity contribution in [3.05, 3.63) is 12.7 Å². The second-order valence-electron chi connectivity index (χ2n) is 2.77. The Labute approximate surface area is 87.7 Å². The third kappa shape index (κ3) is 6.19. The van der Waals surface area contributed by atoms with Gasteiger partial charge in [0.25, 0.3) is 0 Å². The van der Waals surface area contributed by atoms with Crippen molar-refractivity contribution in [1.82, 2.24) is 0 Å². The van der Waals surface area contributed by atoms with E-state index in [0.29, 0.717) is 0 Å². The average molecular weight is 220 g/mol. The van der Waals surface area contributed by atoms with E-state index in [-0.39, 0.29) is 19.8 Å². The second-order valence-corrected chi connectivity index (χ2v) is 2.77. The molecule has 0 saturated heterocycles. The molecule has 1 atom stereocenters. The lowest BCUT2D eigenvalue weighted by molar-refractivity contribution is -0.151. The molecule has 0 aliphatic rings. The van der Waals surface area contributed by atoms with E-state index in [4.69, 9.17) is 24.8 Å². The zero-order chi connectivity index (χ0) is 11.7. The van der Waals surface area contributed by atoms with Crippen LogP contribution in [0, 0.1) is 0 Å². The third-order valence-electron chi connectivity index (χ3n) is 1.58. The maximum atomic E-state index is 10.8. The van der Waals surface area contributed by atoms with E-state index in [0.717, 1.165) is 6.08 Å². The van der Waals surface area contributed by atoms with Gasteiger partial charge in [0.15, 0.2) is 0 Å². The van der Waals surface area contributed by atoms with E-state index in [1.165, 1.54) is 0 Å². The zero-order valence-corrected chi connectivity index (χ0v) is 8.33. The molecule has 0 aromatic rings. The maximum Gasteiger partial charge on any atom is 0.330 e. The molecule has 0 heterocycles. The first kappa shape index (κ1) is 14.1. The summed E-state index contributed by atoms with van der Waals surface area (Å²) in [6.45, 7) is 2.02. The summed E-state index contributed by atoms with van der Waals surface area (Å²) < 4.78 is 9.66. The first-order valence-electron chi connectivity index (χ1n) is 4.45. The highest BCUT2D eigenvalue weighted by Crippen LogP contribution is 1.98. The van der Waals surface area contributed by atoms with Crippen LogP contribution in [0.25, 0.3) is 0 Å². The van der Waals surface area contributed by atoms with E-state index < -0.39 is 24.8 Å². The molecule has 0 aliphatic heterocycles. The molecule has 0 aromatic heterocycles. The predicted octanol–water partition coefficient (Wildman–Crippen LogP) is -1.55. The second kappa shape index (κ2) is 8.37. The lowest BCUT2D eigenvalue weighted by Gasteiger charge is -2.18. The molecule has 6 nitrogen and oxygen atoms in total. The van der Waals surface area contributed by atoms with Crippen LogP contribution < -0.4 is 0 Å². The van der Waals surface area contributed by atoms with Crippen molar-refractivity contribution in [2.45, 2.75) is 12.2 Å². The fourth-order valence-corrected chi connectivity index (χ4v) is 0.743. The minimum absolute atomic E-state index is 0.0954. The molecule has 0 aromatic carbocycles. The molecular formula is C9H16O6. The van der Waals surface area contributed by atoms with Gasteiger partial charge in [0, 0.05) is 6.08 Å². The van der Waals surface area contributed by atoms with Gasteiger partial charge in [-0.1, -0.05) is 6.58 Å². The van der Waals surface area contributed by atoms with Crippen molar-refractivity contribution >= 4 is 5.97 Å². The molecule has 0 rings (SSSR count). The van der Waals surface area contributed by atoms with Crippen molar-refractivity contribution in [3.8, 4) is 0 Å². The van der Waals surface area contributed by atoms with Crippen LogP contribution in [0.2, 0.25) is 0 Å². The van der Waals surface area contributed by atoms with Crippen LogP contribution >= 0.6 is 0 Å². The highest BCUT2D eigenvalue weighted by Gasteiger charge is 2.14. The van der Waals surface area contributed by atoms with Gasteiger partial charge in [-0.2, -0.15) is 0 Å². The number of carbonyl (C=O) groups is 1. The van der Waals surface area contributed by atoms with E-state index in [1.54, 1.807) is 0 Å². The number of carbonyl (C=O) groups excluding carboxylic acids is 1. The minimum Gasteiger partial charge on any atom is -0.454 e. The number of hydrogen-bond donors (Lipinski definition) is 3. The fourth-order valence-electron chi connectivity index (χ4n) is 0.743. The first-order valence-corrected chi connectivity index (χ1v) is 4.45. The van der Waals surface area contributed by atoms with Crippen molar-refractivity contribution in [2.75, 3.05) is 26.4 Å². The van der Waals surface area contributed by atoms with E-state index in [1.807, 2.05) is 0 Å². The average Bonchev–Trinajstić information content (AvgIpc) is 2.28. The van der Waals surface area contributed by atoms with Gasteiger partial charge in [0.2, 0.25) is 0 Å². The Balaban J connectivity index is 3.88. The Hall–Kier alpha value is -0.950. The van der Waals surface area contributed by atoms with Crippen LogP contribution in [0.3, 0.4) is 0 Å². The fraction of sp³-hybridized carbons (Fsp3) is 0.667. The Kier molecular flexibility index (Phi) is 7.84. The van der Waals surface area contributed by atoms with Crippen LogP contribution in [-0.2, 0) is 14.3 Å². The summed E-state index contributed by atoms with van der Waals surface area (Å²) >= 11 is 0. The summed E-state index contributed by atoms with van der Waals surface area (Å²) in [5, 5.41) is 26.1. The molecule has 3 N–H and O–H groups in total. The molecule has 15 heavy (non-hydrogen) atoms. The molecular weight excluding hydrogens is 204 g/mol. The first-order chi connectivity index (χ1) is 7.17. The van der Waals surface area contributed by atoms with Gasteiger partial charge in [0.05, 0.1) is 26.4 Å². The van der Waals surface area contributed by atoms with E-state index in [2.05, 4.69) is 6.58 Å². The smallest absolute Gasteiger partial charge is 0.330 e. The van der Waals surface area contributed by atoms with E-state index >= 15 is 0 Å². The summed E-state index contributed by atoms with van der Waals surface area (Å²) in [6.07, 6.45) is -0.587. The van der Waals surface area contributed by atoms with Crippen LogP contribution in [-0.4, -0.2) is 59.9 Å². The molecule has 0 radical (unpaired) electrons. The largest absolute Gasteiger partial charge is 0.454 e. The molecule has 88 valence electrons.